The molecule has 0 bridgehead atoms. The summed E-state index contributed by atoms with van der Waals surface area (Å²) < 4.78 is 5.06. The van der Waals surface area contributed by atoms with Crippen LogP contribution in [0.4, 0.5) is 11.4 Å². The average Bonchev–Trinajstić information content (AvgIpc) is 2.72. The van der Waals surface area contributed by atoms with Crippen LogP contribution in [-0.4, -0.2) is 45.3 Å². The van der Waals surface area contributed by atoms with Gasteiger partial charge in [0.2, 0.25) is 11.8 Å². The minimum absolute atomic E-state index is 0.0284. The van der Waals surface area contributed by atoms with Gasteiger partial charge in [0.15, 0.2) is 5.78 Å². The summed E-state index contributed by atoms with van der Waals surface area (Å²) in [4.78, 5) is 37.9. The molecule has 0 radical (unpaired) electrons. The maximum Gasteiger partial charge on any atom is 0.243 e. The lowest BCUT2D eigenvalue weighted by molar-refractivity contribution is -0.124. The van der Waals surface area contributed by atoms with E-state index in [1.807, 2.05) is 31.1 Å². The molecule has 7 nitrogen and oxygen atoms in total. The predicted octanol–water partition coefficient (Wildman–Crippen LogP) is 2.87. The van der Waals surface area contributed by atoms with Crippen molar-refractivity contribution in [3.8, 4) is 5.75 Å². The molecule has 2 aromatic rings. The number of amides is 2. The molecule has 0 unspecified atom stereocenters. The lowest BCUT2D eigenvalue weighted by Crippen LogP contribution is -2.32. The molecule has 2 N–H and O–H groups in total. The summed E-state index contributed by atoms with van der Waals surface area (Å²) in [5.74, 6) is 0.100. The molecule has 0 aliphatic rings. The van der Waals surface area contributed by atoms with Crippen LogP contribution in [0.2, 0.25) is 0 Å². The van der Waals surface area contributed by atoms with Crippen LogP contribution >= 0.6 is 0 Å². The molecule has 0 saturated carbocycles. The first-order valence-electron chi connectivity index (χ1n) is 9.40. The number of nitrogens with one attached hydrogen (secondary N) is 2. The molecule has 0 saturated heterocycles. The highest BCUT2D eigenvalue weighted by atomic mass is 16.5. The Morgan fingerprint density at radius 1 is 0.897 bits per heavy atom. The quantitative estimate of drug-likeness (QED) is 0.602. The van der Waals surface area contributed by atoms with Crippen LogP contribution in [0.15, 0.2) is 48.5 Å². The molecule has 0 fully saturated rings. The zero-order chi connectivity index (χ0) is 21.2. The lowest BCUT2D eigenvalue weighted by Gasteiger charge is -2.13. The molecular formula is C22H27N3O4. The van der Waals surface area contributed by atoms with E-state index in [0.29, 0.717) is 23.4 Å². The number of ketones is 1. The van der Waals surface area contributed by atoms with Gasteiger partial charge in [0.05, 0.1) is 13.7 Å². The summed E-state index contributed by atoms with van der Waals surface area (Å²) in [5, 5.41) is 5.31. The highest BCUT2D eigenvalue weighted by Crippen LogP contribution is 2.15. The highest BCUT2D eigenvalue weighted by Gasteiger charge is 2.10. The van der Waals surface area contributed by atoms with E-state index in [-0.39, 0.29) is 37.0 Å². The van der Waals surface area contributed by atoms with E-state index in [0.717, 1.165) is 5.69 Å². The fraction of sp³-hybridized carbons (Fsp3) is 0.318. The van der Waals surface area contributed by atoms with Gasteiger partial charge in [0, 0.05) is 43.9 Å². The Hall–Kier alpha value is -3.35. The smallest absolute Gasteiger partial charge is 0.243 e. The van der Waals surface area contributed by atoms with Crippen molar-refractivity contribution in [2.45, 2.75) is 19.3 Å². The first-order valence-corrected chi connectivity index (χ1v) is 9.40. The van der Waals surface area contributed by atoms with E-state index in [1.54, 1.807) is 43.5 Å². The zero-order valence-corrected chi connectivity index (χ0v) is 17.0. The molecule has 0 aliphatic heterocycles. The van der Waals surface area contributed by atoms with Crippen molar-refractivity contribution < 1.29 is 19.1 Å². The largest absolute Gasteiger partial charge is 0.497 e. The maximum atomic E-state index is 12.1. The van der Waals surface area contributed by atoms with Crippen LogP contribution in [0.5, 0.6) is 5.75 Å². The molecule has 2 rings (SSSR count). The fourth-order valence-electron chi connectivity index (χ4n) is 2.65. The number of nitrogens with zero attached hydrogens (tertiary/aromatic N) is 1. The van der Waals surface area contributed by atoms with E-state index in [2.05, 4.69) is 10.6 Å². The van der Waals surface area contributed by atoms with Crippen molar-refractivity contribution in [2.75, 3.05) is 38.0 Å². The van der Waals surface area contributed by atoms with Gasteiger partial charge in [-0.2, -0.15) is 0 Å². The molecule has 0 spiro atoms. The Bertz CT molecular complexity index is 830. The van der Waals surface area contributed by atoms with Gasteiger partial charge in [-0.25, -0.2) is 0 Å². The number of hydrogen-bond donors (Lipinski definition) is 2. The van der Waals surface area contributed by atoms with Gasteiger partial charge in [0.25, 0.3) is 0 Å². The second-order valence-corrected chi connectivity index (χ2v) is 6.77. The van der Waals surface area contributed by atoms with Crippen LogP contribution in [0.1, 0.15) is 29.6 Å². The summed E-state index contributed by atoms with van der Waals surface area (Å²) in [6.45, 7) is -0.110. The van der Waals surface area contributed by atoms with E-state index >= 15 is 0 Å². The molecule has 0 heterocycles. The minimum atomic E-state index is -0.301. The number of carbonyl (C=O) groups excluding carboxylic acids is 3. The van der Waals surface area contributed by atoms with Crippen molar-refractivity contribution in [1.29, 1.82) is 0 Å². The monoisotopic (exact) mass is 397 g/mol. The SMILES string of the molecule is COc1ccc(C(=O)CCCC(=O)NCC(=O)Nc2ccc(N(C)C)cc2)cc1. The van der Waals surface area contributed by atoms with Crippen LogP contribution in [0, 0.1) is 0 Å². The van der Waals surface area contributed by atoms with Crippen molar-refractivity contribution >= 4 is 29.0 Å². The molecular weight excluding hydrogens is 370 g/mol. The molecule has 2 amide bonds. The summed E-state index contributed by atoms with van der Waals surface area (Å²) in [5.41, 5.74) is 2.28. The molecule has 154 valence electrons. The van der Waals surface area contributed by atoms with Crippen LogP contribution in [0.3, 0.4) is 0 Å². The summed E-state index contributed by atoms with van der Waals surface area (Å²) in [7, 11) is 5.44. The Kier molecular flexibility index (Phi) is 8.21. The van der Waals surface area contributed by atoms with Crippen LogP contribution in [-0.2, 0) is 9.59 Å². The molecule has 2 aromatic carbocycles. The van der Waals surface area contributed by atoms with E-state index in [4.69, 9.17) is 4.74 Å². The lowest BCUT2D eigenvalue weighted by atomic mass is 10.1. The van der Waals surface area contributed by atoms with Gasteiger partial charge in [-0.05, 0) is 55.0 Å². The normalized spacial score (nSPS) is 10.2. The first kappa shape index (κ1) is 21.9. The van der Waals surface area contributed by atoms with Crippen LogP contribution < -0.4 is 20.3 Å². The Balaban J connectivity index is 1.66. The number of carbonyl (C=O) groups is 3. The number of ether oxygens (including phenoxy) is 1. The van der Waals surface area contributed by atoms with Crippen molar-refractivity contribution in [2.24, 2.45) is 0 Å². The maximum absolute atomic E-state index is 12.1. The third kappa shape index (κ3) is 7.29. The van der Waals surface area contributed by atoms with Gasteiger partial charge in [-0.15, -0.1) is 0 Å². The van der Waals surface area contributed by atoms with Gasteiger partial charge in [-0.3, -0.25) is 14.4 Å². The summed E-state index contributed by atoms with van der Waals surface area (Å²) in [6.07, 6.45) is 0.876. The van der Waals surface area contributed by atoms with Gasteiger partial charge < -0.3 is 20.3 Å². The second-order valence-electron chi connectivity index (χ2n) is 6.77. The van der Waals surface area contributed by atoms with Crippen LogP contribution in [0.25, 0.3) is 0 Å². The fourth-order valence-corrected chi connectivity index (χ4v) is 2.65. The summed E-state index contributed by atoms with van der Waals surface area (Å²) >= 11 is 0. The van der Waals surface area contributed by atoms with Crippen molar-refractivity contribution in [3.05, 3.63) is 54.1 Å². The second kappa shape index (κ2) is 10.8. The highest BCUT2D eigenvalue weighted by molar-refractivity contribution is 5.97. The van der Waals surface area contributed by atoms with E-state index < -0.39 is 0 Å². The number of rotatable bonds is 10. The van der Waals surface area contributed by atoms with Crippen molar-refractivity contribution in [1.82, 2.24) is 5.32 Å². The third-order valence-electron chi connectivity index (χ3n) is 4.33. The van der Waals surface area contributed by atoms with E-state index in [9.17, 15) is 14.4 Å². The Morgan fingerprint density at radius 3 is 2.14 bits per heavy atom. The molecule has 29 heavy (non-hydrogen) atoms. The first-order chi connectivity index (χ1) is 13.9. The zero-order valence-electron chi connectivity index (χ0n) is 17.0. The number of hydrogen-bond acceptors (Lipinski definition) is 5. The topological polar surface area (TPSA) is 87.7 Å². The number of benzene rings is 2. The standard InChI is InChI=1S/C22H27N3O4/c1-25(2)18-11-9-17(10-12-18)24-22(28)15-23-21(27)6-4-5-20(26)16-7-13-19(29-3)14-8-16/h7-14H,4-6,15H2,1-3H3,(H,23,27)(H,24,28). The van der Waals surface area contributed by atoms with Gasteiger partial charge >= 0.3 is 0 Å². The average molecular weight is 397 g/mol. The molecule has 0 aromatic heterocycles. The van der Waals surface area contributed by atoms with Crippen molar-refractivity contribution in [3.63, 3.8) is 0 Å². The molecule has 0 atom stereocenters. The molecule has 0 aliphatic carbocycles. The van der Waals surface area contributed by atoms with Gasteiger partial charge in [-0.1, -0.05) is 0 Å². The number of anilines is 2. The Labute approximate surface area is 171 Å². The predicted molar refractivity (Wildman–Crippen MR) is 114 cm³/mol. The molecule has 7 heteroatoms. The Morgan fingerprint density at radius 2 is 1.55 bits per heavy atom. The number of Topliss-reactive ketones (excluding diaryl/α,β-unsaturated/α-hetero) is 1. The third-order valence-corrected chi connectivity index (χ3v) is 4.33. The van der Waals surface area contributed by atoms with Gasteiger partial charge in [0.1, 0.15) is 5.75 Å². The number of methoxy groups -OCH3 is 1. The minimum Gasteiger partial charge on any atom is -0.497 e. The summed E-state index contributed by atoms with van der Waals surface area (Å²) in [6, 6.07) is 14.3. The van der Waals surface area contributed by atoms with E-state index in [1.165, 1.54) is 0 Å².